The number of para-hydroxylation sites is 1. The summed E-state index contributed by atoms with van der Waals surface area (Å²) in [4.78, 5) is 38.7. The Morgan fingerprint density at radius 1 is 0.897 bits per heavy atom. The molecule has 0 N–H and O–H groups in total. The van der Waals surface area contributed by atoms with Gasteiger partial charge in [-0.1, -0.05) is 36.4 Å². The lowest BCUT2D eigenvalue weighted by atomic mass is 9.96. The van der Waals surface area contributed by atoms with Gasteiger partial charge >= 0.3 is 11.9 Å². The van der Waals surface area contributed by atoms with Crippen LogP contribution in [0.3, 0.4) is 0 Å². The van der Waals surface area contributed by atoms with Gasteiger partial charge in [-0.2, -0.15) is 0 Å². The summed E-state index contributed by atoms with van der Waals surface area (Å²) in [7, 11) is 3.99. The fraction of sp³-hybridized carbons (Fsp3) is 0.172. The number of hydrogen-bond acceptors (Lipinski definition) is 9. The van der Waals surface area contributed by atoms with Crippen molar-refractivity contribution in [3.05, 3.63) is 117 Å². The zero-order valence-corrected chi connectivity index (χ0v) is 21.5. The first kappa shape index (κ1) is 27.1. The van der Waals surface area contributed by atoms with Gasteiger partial charge in [0.25, 0.3) is 5.69 Å². The highest BCUT2D eigenvalue weighted by Crippen LogP contribution is 2.41. The molecule has 0 fully saturated rings. The first-order valence-corrected chi connectivity index (χ1v) is 11.8. The van der Waals surface area contributed by atoms with Crippen molar-refractivity contribution in [2.24, 2.45) is 0 Å². The molecular weight excluding hydrogens is 504 g/mol. The minimum atomic E-state index is -1.10. The van der Waals surface area contributed by atoms with Crippen molar-refractivity contribution in [3.8, 4) is 5.75 Å². The third-order valence-corrected chi connectivity index (χ3v) is 6.08. The molecule has 10 heteroatoms. The van der Waals surface area contributed by atoms with E-state index in [1.165, 1.54) is 38.5 Å². The van der Waals surface area contributed by atoms with E-state index in [-0.39, 0.29) is 17.0 Å². The summed E-state index contributed by atoms with van der Waals surface area (Å²) in [5.74, 6) is -0.890. The lowest BCUT2D eigenvalue weighted by Crippen LogP contribution is -2.46. The van der Waals surface area contributed by atoms with E-state index in [0.717, 1.165) is 5.56 Å². The van der Waals surface area contributed by atoms with Gasteiger partial charge in [0.1, 0.15) is 23.1 Å². The summed E-state index contributed by atoms with van der Waals surface area (Å²) < 4.78 is 21.8. The molecule has 1 aliphatic rings. The number of nitrogens with zero attached hydrogens (tertiary/aromatic N) is 2. The lowest BCUT2D eigenvalue weighted by molar-refractivity contribution is -0.384. The molecule has 0 saturated carbocycles. The third-order valence-electron chi connectivity index (χ3n) is 6.08. The Morgan fingerprint density at radius 3 is 2.10 bits per heavy atom. The molecule has 4 rings (SSSR count). The standard InChI is InChI=1S/C29H26N2O8/c1-36-23-16-9-19(10-17-23)11-18-24-30(21-7-5-4-6-8-21)26(29(33)38-3)25(28(32)37-2)27(39-24)20-12-14-22(15-13-20)31(34)35/h4-18,24,27H,1-3H3/b18-11+/t24-,27-/m0/s1. The Kier molecular flexibility index (Phi) is 8.37. The number of carbonyl (C=O) groups is 2. The van der Waals surface area contributed by atoms with Crippen LogP contribution in [0.15, 0.2) is 96.2 Å². The van der Waals surface area contributed by atoms with E-state index in [2.05, 4.69) is 0 Å². The van der Waals surface area contributed by atoms with Gasteiger partial charge in [-0.05, 0) is 53.6 Å². The zero-order chi connectivity index (χ0) is 27.9. The van der Waals surface area contributed by atoms with Crippen LogP contribution in [-0.4, -0.2) is 44.4 Å². The molecule has 0 aliphatic carbocycles. The number of non-ortho nitro benzene ring substituents is 1. The van der Waals surface area contributed by atoms with Gasteiger partial charge in [0.05, 0.1) is 26.3 Å². The molecule has 0 radical (unpaired) electrons. The van der Waals surface area contributed by atoms with E-state index >= 15 is 0 Å². The quantitative estimate of drug-likeness (QED) is 0.229. The molecule has 200 valence electrons. The number of nitro groups is 1. The number of hydrogen-bond donors (Lipinski definition) is 0. The predicted octanol–water partition coefficient (Wildman–Crippen LogP) is 4.82. The molecule has 0 bridgehead atoms. The maximum atomic E-state index is 13.3. The SMILES string of the molecule is COC(=O)C1=C(C(=O)OC)N(c2ccccc2)[C@H](/C=C/c2ccc(OC)cc2)O[C@H]1c1ccc([N+](=O)[O-])cc1. The molecule has 0 saturated heterocycles. The highest BCUT2D eigenvalue weighted by Gasteiger charge is 2.43. The van der Waals surface area contributed by atoms with Crippen LogP contribution in [0.1, 0.15) is 17.2 Å². The van der Waals surface area contributed by atoms with Crippen LogP contribution in [0.4, 0.5) is 11.4 Å². The maximum absolute atomic E-state index is 13.3. The van der Waals surface area contributed by atoms with Crippen LogP contribution >= 0.6 is 0 Å². The predicted molar refractivity (Wildman–Crippen MR) is 143 cm³/mol. The van der Waals surface area contributed by atoms with Crippen molar-refractivity contribution in [3.63, 3.8) is 0 Å². The van der Waals surface area contributed by atoms with Crippen LogP contribution in [0.25, 0.3) is 6.08 Å². The summed E-state index contributed by atoms with van der Waals surface area (Å²) in [6.07, 6.45) is 1.56. The average Bonchev–Trinajstić information content (AvgIpc) is 2.99. The smallest absolute Gasteiger partial charge is 0.355 e. The van der Waals surface area contributed by atoms with Crippen molar-refractivity contribution in [1.29, 1.82) is 0 Å². The fourth-order valence-corrected chi connectivity index (χ4v) is 4.19. The molecule has 3 aromatic rings. The number of methoxy groups -OCH3 is 3. The molecule has 39 heavy (non-hydrogen) atoms. The van der Waals surface area contributed by atoms with E-state index in [4.69, 9.17) is 18.9 Å². The minimum Gasteiger partial charge on any atom is -0.497 e. The van der Waals surface area contributed by atoms with Gasteiger partial charge in [-0.15, -0.1) is 0 Å². The highest BCUT2D eigenvalue weighted by molar-refractivity contribution is 6.04. The highest BCUT2D eigenvalue weighted by atomic mass is 16.6. The maximum Gasteiger partial charge on any atom is 0.355 e. The fourth-order valence-electron chi connectivity index (χ4n) is 4.19. The number of carbonyl (C=O) groups excluding carboxylic acids is 2. The Bertz CT molecular complexity index is 1400. The molecular formula is C29H26N2O8. The molecule has 0 spiro atoms. The van der Waals surface area contributed by atoms with Crippen molar-refractivity contribution in [1.82, 2.24) is 0 Å². The zero-order valence-electron chi connectivity index (χ0n) is 21.5. The first-order chi connectivity index (χ1) is 18.9. The number of ether oxygens (including phenoxy) is 4. The summed E-state index contributed by atoms with van der Waals surface area (Å²) in [5, 5.41) is 11.2. The Balaban J connectivity index is 1.91. The van der Waals surface area contributed by atoms with E-state index in [0.29, 0.717) is 17.0 Å². The summed E-state index contributed by atoms with van der Waals surface area (Å²) in [6.45, 7) is 0. The lowest BCUT2D eigenvalue weighted by Gasteiger charge is -2.41. The summed E-state index contributed by atoms with van der Waals surface area (Å²) in [5.41, 5.74) is 1.50. The molecule has 1 heterocycles. The van der Waals surface area contributed by atoms with Crippen molar-refractivity contribution >= 4 is 29.4 Å². The van der Waals surface area contributed by atoms with Gasteiger partial charge in [0.2, 0.25) is 0 Å². The van der Waals surface area contributed by atoms with E-state index < -0.39 is 29.2 Å². The van der Waals surface area contributed by atoms with Gasteiger partial charge in [0, 0.05) is 17.8 Å². The van der Waals surface area contributed by atoms with E-state index in [1.54, 1.807) is 42.4 Å². The van der Waals surface area contributed by atoms with Gasteiger partial charge < -0.3 is 23.8 Å². The van der Waals surface area contributed by atoms with Gasteiger partial charge in [0.15, 0.2) is 6.23 Å². The molecule has 3 aromatic carbocycles. The second-order valence-electron chi connectivity index (χ2n) is 8.34. The average molecular weight is 531 g/mol. The second-order valence-corrected chi connectivity index (χ2v) is 8.34. The molecule has 2 atom stereocenters. The third kappa shape index (κ3) is 5.81. The van der Waals surface area contributed by atoms with Crippen LogP contribution in [-0.2, 0) is 23.8 Å². The number of rotatable bonds is 8. The summed E-state index contributed by atoms with van der Waals surface area (Å²) in [6, 6.07) is 21.8. The number of benzene rings is 3. The Hall–Kier alpha value is -4.96. The van der Waals surface area contributed by atoms with Crippen LogP contribution in [0.2, 0.25) is 0 Å². The van der Waals surface area contributed by atoms with Gasteiger partial charge in [-0.25, -0.2) is 9.59 Å². The van der Waals surface area contributed by atoms with Gasteiger partial charge in [-0.3, -0.25) is 10.1 Å². The molecule has 10 nitrogen and oxygen atoms in total. The summed E-state index contributed by atoms with van der Waals surface area (Å²) >= 11 is 0. The second kappa shape index (κ2) is 12.1. The molecule has 0 amide bonds. The van der Waals surface area contributed by atoms with Crippen LogP contribution < -0.4 is 9.64 Å². The largest absolute Gasteiger partial charge is 0.497 e. The van der Waals surface area contributed by atoms with Crippen LogP contribution in [0.5, 0.6) is 5.75 Å². The number of nitro benzene ring substituents is 1. The van der Waals surface area contributed by atoms with Crippen molar-refractivity contribution in [2.75, 3.05) is 26.2 Å². The molecule has 1 aliphatic heterocycles. The van der Waals surface area contributed by atoms with Crippen LogP contribution in [0, 0.1) is 10.1 Å². The number of esters is 2. The molecule has 0 unspecified atom stereocenters. The Morgan fingerprint density at radius 2 is 1.54 bits per heavy atom. The minimum absolute atomic E-state index is 0.0745. The number of anilines is 1. The Labute approximate surface area is 224 Å². The topological polar surface area (TPSA) is 117 Å². The van der Waals surface area contributed by atoms with E-state index in [9.17, 15) is 19.7 Å². The first-order valence-electron chi connectivity index (χ1n) is 11.8. The molecule has 0 aromatic heterocycles. The monoisotopic (exact) mass is 530 g/mol. The van der Waals surface area contributed by atoms with Crippen molar-refractivity contribution in [2.45, 2.75) is 12.3 Å². The van der Waals surface area contributed by atoms with E-state index in [1.807, 2.05) is 36.4 Å². The van der Waals surface area contributed by atoms with Crippen molar-refractivity contribution < 1.29 is 33.5 Å². The normalized spacial score (nSPS) is 17.2.